The Labute approximate surface area is 86.5 Å². The van der Waals surface area contributed by atoms with Crippen molar-refractivity contribution in [1.29, 1.82) is 0 Å². The van der Waals surface area contributed by atoms with Crippen molar-refractivity contribution < 1.29 is 14.6 Å². The first-order valence-electron chi connectivity index (χ1n) is 5.14. The molecule has 0 saturated carbocycles. The molecule has 0 amide bonds. The third-order valence-corrected chi connectivity index (χ3v) is 2.16. The standard InChI is InChI=1S/C11H22O3/c1-6-9(12)8(2)7-14-10(13)11(3,4)5/h8-9,12H,6-7H2,1-5H3/t8-,9+/m1/s1. The van der Waals surface area contributed by atoms with Crippen LogP contribution in [0.2, 0.25) is 0 Å². The Bertz CT molecular complexity index is 181. The first-order chi connectivity index (χ1) is 6.29. The average Bonchev–Trinajstić information content (AvgIpc) is 2.10. The molecule has 3 nitrogen and oxygen atoms in total. The second-order valence-electron chi connectivity index (χ2n) is 4.80. The van der Waals surface area contributed by atoms with Crippen molar-refractivity contribution >= 4 is 5.97 Å². The summed E-state index contributed by atoms with van der Waals surface area (Å²) in [5.74, 6) is -0.209. The molecule has 0 radical (unpaired) electrons. The van der Waals surface area contributed by atoms with Crippen molar-refractivity contribution in [2.24, 2.45) is 11.3 Å². The Hall–Kier alpha value is -0.570. The van der Waals surface area contributed by atoms with Crippen LogP contribution in [0, 0.1) is 11.3 Å². The van der Waals surface area contributed by atoms with Crippen molar-refractivity contribution in [2.45, 2.75) is 47.1 Å². The quantitative estimate of drug-likeness (QED) is 0.709. The largest absolute Gasteiger partial charge is 0.465 e. The Morgan fingerprint density at radius 1 is 1.43 bits per heavy atom. The summed E-state index contributed by atoms with van der Waals surface area (Å²) in [7, 11) is 0. The molecule has 14 heavy (non-hydrogen) atoms. The van der Waals surface area contributed by atoms with E-state index in [1.807, 2.05) is 34.6 Å². The van der Waals surface area contributed by atoms with E-state index in [1.165, 1.54) is 0 Å². The molecule has 1 N–H and O–H groups in total. The predicted octanol–water partition coefficient (Wildman–Crippen LogP) is 1.98. The summed E-state index contributed by atoms with van der Waals surface area (Å²) >= 11 is 0. The van der Waals surface area contributed by atoms with Crippen molar-refractivity contribution in [3.63, 3.8) is 0 Å². The van der Waals surface area contributed by atoms with Gasteiger partial charge in [0.2, 0.25) is 0 Å². The molecule has 0 saturated heterocycles. The zero-order valence-corrected chi connectivity index (χ0v) is 9.83. The molecule has 0 aliphatic rings. The van der Waals surface area contributed by atoms with Gasteiger partial charge in [-0.15, -0.1) is 0 Å². The molecule has 0 rings (SSSR count). The molecule has 0 heterocycles. The lowest BCUT2D eigenvalue weighted by molar-refractivity contribution is -0.155. The van der Waals surface area contributed by atoms with E-state index >= 15 is 0 Å². The van der Waals surface area contributed by atoms with Gasteiger partial charge in [0, 0.05) is 5.92 Å². The van der Waals surface area contributed by atoms with Crippen LogP contribution < -0.4 is 0 Å². The number of aliphatic hydroxyl groups is 1. The SMILES string of the molecule is CC[C@H](O)[C@H](C)COC(=O)C(C)(C)C. The highest BCUT2D eigenvalue weighted by Gasteiger charge is 2.24. The van der Waals surface area contributed by atoms with Gasteiger partial charge in [-0.25, -0.2) is 0 Å². The molecule has 84 valence electrons. The maximum Gasteiger partial charge on any atom is 0.311 e. The first-order valence-corrected chi connectivity index (χ1v) is 5.14. The third kappa shape index (κ3) is 4.61. The van der Waals surface area contributed by atoms with Crippen molar-refractivity contribution in [1.82, 2.24) is 0 Å². The summed E-state index contributed by atoms with van der Waals surface area (Å²) in [6, 6.07) is 0. The monoisotopic (exact) mass is 202 g/mol. The van der Waals surface area contributed by atoms with Crippen LogP contribution in [-0.2, 0) is 9.53 Å². The Morgan fingerprint density at radius 2 is 1.93 bits per heavy atom. The fraction of sp³-hybridized carbons (Fsp3) is 0.909. The molecule has 0 aromatic rings. The van der Waals surface area contributed by atoms with Gasteiger partial charge < -0.3 is 9.84 Å². The molecular formula is C11H22O3. The number of hydrogen-bond donors (Lipinski definition) is 1. The van der Waals surface area contributed by atoms with Crippen LogP contribution in [0.5, 0.6) is 0 Å². The lowest BCUT2D eigenvalue weighted by Crippen LogP contribution is -2.28. The van der Waals surface area contributed by atoms with Crippen molar-refractivity contribution in [3.8, 4) is 0 Å². The van der Waals surface area contributed by atoms with E-state index in [2.05, 4.69) is 0 Å². The van der Waals surface area contributed by atoms with Crippen LogP contribution in [0.3, 0.4) is 0 Å². The van der Waals surface area contributed by atoms with Crippen LogP contribution in [0.15, 0.2) is 0 Å². The number of hydrogen-bond acceptors (Lipinski definition) is 3. The molecule has 0 fully saturated rings. The summed E-state index contributed by atoms with van der Waals surface area (Å²) in [6.45, 7) is 9.53. The summed E-state index contributed by atoms with van der Waals surface area (Å²) < 4.78 is 5.09. The van der Waals surface area contributed by atoms with Gasteiger partial charge in [0.25, 0.3) is 0 Å². The average molecular weight is 202 g/mol. The number of esters is 1. The highest BCUT2D eigenvalue weighted by Crippen LogP contribution is 2.16. The van der Waals surface area contributed by atoms with Gasteiger partial charge >= 0.3 is 5.97 Å². The molecule has 0 spiro atoms. The Morgan fingerprint density at radius 3 is 2.29 bits per heavy atom. The molecule has 2 atom stereocenters. The highest BCUT2D eigenvalue weighted by atomic mass is 16.5. The molecule has 0 aromatic carbocycles. The van der Waals surface area contributed by atoms with Gasteiger partial charge in [0.15, 0.2) is 0 Å². The van der Waals surface area contributed by atoms with Gasteiger partial charge in [-0.2, -0.15) is 0 Å². The molecule has 0 aromatic heterocycles. The van der Waals surface area contributed by atoms with Crippen molar-refractivity contribution in [2.75, 3.05) is 6.61 Å². The van der Waals surface area contributed by atoms with E-state index in [0.29, 0.717) is 13.0 Å². The normalized spacial score (nSPS) is 16.1. The maximum absolute atomic E-state index is 11.4. The highest BCUT2D eigenvalue weighted by molar-refractivity contribution is 5.75. The fourth-order valence-electron chi connectivity index (χ4n) is 0.937. The van der Waals surface area contributed by atoms with Gasteiger partial charge in [-0.05, 0) is 27.2 Å². The smallest absolute Gasteiger partial charge is 0.311 e. The topological polar surface area (TPSA) is 46.5 Å². The lowest BCUT2D eigenvalue weighted by atomic mass is 9.97. The van der Waals surface area contributed by atoms with Gasteiger partial charge in [-0.3, -0.25) is 4.79 Å². The second kappa shape index (κ2) is 5.35. The number of ether oxygens (including phenoxy) is 1. The molecule has 0 aliphatic heterocycles. The zero-order chi connectivity index (χ0) is 11.4. The van der Waals surface area contributed by atoms with Gasteiger partial charge in [0.05, 0.1) is 18.1 Å². The summed E-state index contributed by atoms with van der Waals surface area (Å²) in [6.07, 6.45) is 0.302. The minimum Gasteiger partial charge on any atom is -0.465 e. The van der Waals surface area contributed by atoms with Crippen molar-refractivity contribution in [3.05, 3.63) is 0 Å². The number of carbonyl (C=O) groups is 1. The van der Waals surface area contributed by atoms with E-state index in [-0.39, 0.29) is 18.0 Å². The van der Waals surface area contributed by atoms with Crippen LogP contribution in [0.1, 0.15) is 41.0 Å². The van der Waals surface area contributed by atoms with Gasteiger partial charge in [-0.1, -0.05) is 13.8 Å². The van der Waals surface area contributed by atoms with E-state index in [1.54, 1.807) is 0 Å². The van der Waals surface area contributed by atoms with Crippen LogP contribution in [0.4, 0.5) is 0 Å². The zero-order valence-electron chi connectivity index (χ0n) is 9.83. The number of aliphatic hydroxyl groups excluding tert-OH is 1. The summed E-state index contributed by atoms with van der Waals surface area (Å²) in [4.78, 5) is 11.4. The van der Waals surface area contributed by atoms with E-state index in [0.717, 1.165) is 0 Å². The number of carbonyl (C=O) groups excluding carboxylic acids is 1. The molecule has 0 aliphatic carbocycles. The molecule has 0 unspecified atom stereocenters. The maximum atomic E-state index is 11.4. The fourth-order valence-corrected chi connectivity index (χ4v) is 0.937. The second-order valence-corrected chi connectivity index (χ2v) is 4.80. The van der Waals surface area contributed by atoms with E-state index in [9.17, 15) is 9.90 Å². The Balaban J connectivity index is 3.89. The Kier molecular flexibility index (Phi) is 5.13. The molecular weight excluding hydrogens is 180 g/mol. The van der Waals surface area contributed by atoms with Crippen LogP contribution >= 0.6 is 0 Å². The predicted molar refractivity (Wildman–Crippen MR) is 55.9 cm³/mol. The summed E-state index contributed by atoms with van der Waals surface area (Å²) in [5, 5.41) is 9.45. The molecule has 0 bridgehead atoms. The summed E-state index contributed by atoms with van der Waals surface area (Å²) in [5.41, 5.74) is -0.461. The van der Waals surface area contributed by atoms with Crippen LogP contribution in [-0.4, -0.2) is 23.8 Å². The third-order valence-electron chi connectivity index (χ3n) is 2.16. The minimum atomic E-state index is -0.461. The lowest BCUT2D eigenvalue weighted by Gasteiger charge is -2.21. The van der Waals surface area contributed by atoms with E-state index in [4.69, 9.17) is 4.74 Å². The van der Waals surface area contributed by atoms with Crippen LogP contribution in [0.25, 0.3) is 0 Å². The molecule has 3 heteroatoms. The van der Waals surface area contributed by atoms with Gasteiger partial charge in [0.1, 0.15) is 0 Å². The van der Waals surface area contributed by atoms with E-state index < -0.39 is 5.41 Å². The minimum absolute atomic E-state index is 0.00583. The first kappa shape index (κ1) is 13.4. The number of rotatable bonds is 4.